The molecule has 0 N–H and O–H groups in total. The first kappa shape index (κ1) is 11.3. The van der Waals surface area contributed by atoms with Crippen LogP contribution >= 0.6 is 0 Å². The second-order valence-electron chi connectivity index (χ2n) is 3.45. The molecular weight excluding hydrogens is 186 g/mol. The zero-order chi connectivity index (χ0) is 11.4. The van der Waals surface area contributed by atoms with E-state index in [0.717, 1.165) is 16.8 Å². The number of aryl methyl sites for hydroxylation is 1. The second kappa shape index (κ2) is 4.65. The lowest BCUT2D eigenvalue weighted by Crippen LogP contribution is -2.25. The Bertz CT molecular complexity index is 415. The van der Waals surface area contributed by atoms with Gasteiger partial charge in [-0.15, -0.1) is 6.42 Å². The summed E-state index contributed by atoms with van der Waals surface area (Å²) in [5, 5.41) is 0. The van der Waals surface area contributed by atoms with Crippen LogP contribution in [0.4, 0.5) is 5.69 Å². The van der Waals surface area contributed by atoms with Crippen molar-refractivity contribution in [2.24, 2.45) is 0 Å². The summed E-state index contributed by atoms with van der Waals surface area (Å²) < 4.78 is 0. The van der Waals surface area contributed by atoms with Crippen molar-refractivity contribution in [2.45, 2.75) is 20.3 Å². The number of terminal acetylenes is 1. The van der Waals surface area contributed by atoms with Crippen molar-refractivity contribution in [1.29, 1.82) is 0 Å². The molecule has 0 aliphatic heterocycles. The topological polar surface area (TPSA) is 20.3 Å². The molecule has 78 valence electrons. The summed E-state index contributed by atoms with van der Waals surface area (Å²) in [7, 11) is 1.77. The van der Waals surface area contributed by atoms with Gasteiger partial charge in [-0.25, -0.2) is 0 Å². The van der Waals surface area contributed by atoms with Crippen LogP contribution < -0.4 is 4.90 Å². The number of amides is 1. The van der Waals surface area contributed by atoms with Gasteiger partial charge in [-0.2, -0.15) is 0 Å². The molecule has 0 spiro atoms. The van der Waals surface area contributed by atoms with Gasteiger partial charge in [-0.05, 0) is 24.6 Å². The first-order chi connectivity index (χ1) is 7.10. The molecule has 2 heteroatoms. The van der Waals surface area contributed by atoms with E-state index < -0.39 is 0 Å². The minimum absolute atomic E-state index is 0.0901. The Morgan fingerprint density at radius 2 is 2.20 bits per heavy atom. The molecule has 0 atom stereocenters. The molecule has 0 aromatic heterocycles. The third kappa shape index (κ3) is 2.38. The first-order valence-electron chi connectivity index (χ1n) is 4.94. The average Bonchev–Trinajstić information content (AvgIpc) is 2.27. The highest BCUT2D eigenvalue weighted by Crippen LogP contribution is 2.20. The van der Waals surface area contributed by atoms with Crippen LogP contribution in [0.2, 0.25) is 0 Å². The lowest BCUT2D eigenvalue weighted by atomic mass is 10.1. The molecule has 1 amide bonds. The second-order valence-corrected chi connectivity index (χ2v) is 3.45. The molecule has 0 aliphatic carbocycles. The summed E-state index contributed by atoms with van der Waals surface area (Å²) >= 11 is 0. The summed E-state index contributed by atoms with van der Waals surface area (Å²) in [5.74, 6) is 2.66. The zero-order valence-corrected chi connectivity index (χ0v) is 9.37. The zero-order valence-electron chi connectivity index (χ0n) is 9.37. The number of rotatable bonds is 2. The Balaban J connectivity index is 3.13. The van der Waals surface area contributed by atoms with E-state index in [1.807, 2.05) is 32.0 Å². The molecule has 0 heterocycles. The van der Waals surface area contributed by atoms with Gasteiger partial charge in [0.15, 0.2) is 0 Å². The summed E-state index contributed by atoms with van der Waals surface area (Å²) in [6, 6.07) is 5.68. The molecule has 0 fully saturated rings. The Kier molecular flexibility index (Phi) is 3.51. The Morgan fingerprint density at radius 3 is 2.73 bits per heavy atom. The van der Waals surface area contributed by atoms with E-state index in [9.17, 15) is 4.79 Å². The molecule has 0 aliphatic rings. The fraction of sp³-hybridized carbons (Fsp3) is 0.308. The summed E-state index contributed by atoms with van der Waals surface area (Å²) in [6.07, 6.45) is 5.82. The lowest BCUT2D eigenvalue weighted by Gasteiger charge is -2.19. The van der Waals surface area contributed by atoms with E-state index >= 15 is 0 Å². The van der Waals surface area contributed by atoms with E-state index in [2.05, 4.69) is 5.92 Å². The van der Waals surface area contributed by atoms with Crippen molar-refractivity contribution >= 4 is 11.6 Å². The summed E-state index contributed by atoms with van der Waals surface area (Å²) in [6.45, 7) is 3.81. The van der Waals surface area contributed by atoms with Crippen LogP contribution in [0, 0.1) is 19.3 Å². The number of carbonyl (C=O) groups excluding carboxylic acids is 1. The Morgan fingerprint density at radius 1 is 1.53 bits per heavy atom. The first-order valence-corrected chi connectivity index (χ1v) is 4.94. The summed E-state index contributed by atoms with van der Waals surface area (Å²) in [4.78, 5) is 13.2. The highest BCUT2D eigenvalue weighted by molar-refractivity contribution is 5.93. The van der Waals surface area contributed by atoms with Gasteiger partial charge in [0.05, 0.1) is 0 Å². The molecule has 1 aromatic carbocycles. The fourth-order valence-corrected chi connectivity index (χ4v) is 1.43. The number of carbonyl (C=O) groups is 1. The maximum Gasteiger partial charge on any atom is 0.226 e. The number of hydrogen-bond donors (Lipinski definition) is 0. The van der Waals surface area contributed by atoms with Crippen molar-refractivity contribution in [3.63, 3.8) is 0 Å². The average molecular weight is 201 g/mol. The van der Waals surface area contributed by atoms with Crippen LogP contribution in [0.3, 0.4) is 0 Å². The van der Waals surface area contributed by atoms with Gasteiger partial charge in [0.2, 0.25) is 5.91 Å². The van der Waals surface area contributed by atoms with Crippen LogP contribution in [-0.4, -0.2) is 13.0 Å². The van der Waals surface area contributed by atoms with Crippen LogP contribution in [0.25, 0.3) is 0 Å². The number of anilines is 1. The predicted octanol–water partition coefficient (Wildman–Crippen LogP) is 2.35. The molecule has 0 radical (unpaired) electrons. The maximum absolute atomic E-state index is 11.5. The monoisotopic (exact) mass is 201 g/mol. The number of benzene rings is 1. The quantitative estimate of drug-likeness (QED) is 0.672. The Hall–Kier alpha value is -1.75. The van der Waals surface area contributed by atoms with Crippen molar-refractivity contribution in [1.82, 2.24) is 0 Å². The largest absolute Gasteiger partial charge is 0.315 e. The number of nitrogens with zero attached hydrogens (tertiary/aromatic N) is 1. The van der Waals surface area contributed by atoms with Gasteiger partial charge in [0.25, 0.3) is 0 Å². The van der Waals surface area contributed by atoms with Crippen LogP contribution in [0.5, 0.6) is 0 Å². The van der Waals surface area contributed by atoms with Crippen molar-refractivity contribution < 1.29 is 4.79 Å². The molecule has 2 nitrogen and oxygen atoms in total. The lowest BCUT2D eigenvalue weighted by molar-refractivity contribution is -0.118. The van der Waals surface area contributed by atoms with E-state index in [0.29, 0.717) is 6.42 Å². The van der Waals surface area contributed by atoms with Gasteiger partial charge in [0, 0.05) is 24.7 Å². The van der Waals surface area contributed by atoms with Gasteiger partial charge in [-0.1, -0.05) is 18.9 Å². The van der Waals surface area contributed by atoms with E-state index in [1.54, 1.807) is 11.9 Å². The van der Waals surface area contributed by atoms with E-state index in [4.69, 9.17) is 6.42 Å². The van der Waals surface area contributed by atoms with Gasteiger partial charge >= 0.3 is 0 Å². The standard InChI is InChI=1S/C13H15NO/c1-5-11-8-7-10(3)12(9-11)14(4)13(15)6-2/h1,7-9H,6H2,2-4H3. The molecule has 0 bridgehead atoms. The van der Waals surface area contributed by atoms with Crippen molar-refractivity contribution in [3.8, 4) is 12.3 Å². The highest BCUT2D eigenvalue weighted by atomic mass is 16.2. The maximum atomic E-state index is 11.5. The molecule has 0 saturated heterocycles. The van der Waals surface area contributed by atoms with Gasteiger partial charge in [-0.3, -0.25) is 4.79 Å². The normalized spacial score (nSPS) is 9.47. The molecule has 0 saturated carbocycles. The molecule has 1 rings (SSSR count). The van der Waals surface area contributed by atoms with Gasteiger partial charge in [0.1, 0.15) is 0 Å². The third-order valence-corrected chi connectivity index (χ3v) is 2.41. The fourth-order valence-electron chi connectivity index (χ4n) is 1.43. The molecule has 15 heavy (non-hydrogen) atoms. The van der Waals surface area contributed by atoms with Crippen LogP contribution in [0.15, 0.2) is 18.2 Å². The SMILES string of the molecule is C#Cc1ccc(C)c(N(C)C(=O)CC)c1. The number of hydrogen-bond acceptors (Lipinski definition) is 1. The van der Waals surface area contributed by atoms with Crippen molar-refractivity contribution in [3.05, 3.63) is 29.3 Å². The third-order valence-electron chi connectivity index (χ3n) is 2.41. The highest BCUT2D eigenvalue weighted by Gasteiger charge is 2.10. The minimum atomic E-state index is 0.0901. The molecule has 1 aromatic rings. The molecular formula is C13H15NO. The molecule has 0 unspecified atom stereocenters. The minimum Gasteiger partial charge on any atom is -0.315 e. The van der Waals surface area contributed by atoms with Crippen LogP contribution in [0.1, 0.15) is 24.5 Å². The van der Waals surface area contributed by atoms with E-state index in [1.165, 1.54) is 0 Å². The Labute approximate surface area is 90.9 Å². The summed E-state index contributed by atoms with van der Waals surface area (Å²) in [5.41, 5.74) is 2.74. The van der Waals surface area contributed by atoms with E-state index in [-0.39, 0.29) is 5.91 Å². The van der Waals surface area contributed by atoms with Gasteiger partial charge < -0.3 is 4.90 Å². The van der Waals surface area contributed by atoms with Crippen molar-refractivity contribution in [2.75, 3.05) is 11.9 Å². The predicted molar refractivity (Wildman–Crippen MR) is 62.8 cm³/mol. The van der Waals surface area contributed by atoms with Crippen LogP contribution in [-0.2, 0) is 4.79 Å². The smallest absolute Gasteiger partial charge is 0.226 e.